The van der Waals surface area contributed by atoms with Crippen LogP contribution < -0.4 is 4.90 Å². The van der Waals surface area contributed by atoms with Crippen LogP contribution in [0.15, 0.2) is 146 Å². The second kappa shape index (κ2) is 9.33. The van der Waals surface area contributed by atoms with Gasteiger partial charge in [0, 0.05) is 38.8 Å². The third kappa shape index (κ3) is 3.67. The van der Waals surface area contributed by atoms with E-state index in [1.165, 1.54) is 43.5 Å². The number of hydrogen-bond donors (Lipinski definition) is 0. The number of rotatable bonds is 5. The molecule has 0 fully saturated rings. The average Bonchev–Trinajstić information content (AvgIpc) is 3.60. The summed E-state index contributed by atoms with van der Waals surface area (Å²) in [5.41, 5.74) is 10.6. The minimum atomic E-state index is 1.07. The summed E-state index contributed by atoms with van der Waals surface area (Å²) in [6.07, 6.45) is 0. The minimum Gasteiger partial charge on any atom is -0.310 e. The van der Waals surface area contributed by atoms with Crippen molar-refractivity contribution in [3.8, 4) is 43.4 Å². The summed E-state index contributed by atoms with van der Waals surface area (Å²) < 4.78 is 0. The highest BCUT2D eigenvalue weighted by Crippen LogP contribution is 2.53. The van der Waals surface area contributed by atoms with E-state index in [2.05, 4.69) is 150 Å². The molecular weight excluding hydrogens is 504 g/mol. The topological polar surface area (TPSA) is 16.1 Å². The summed E-state index contributed by atoms with van der Waals surface area (Å²) in [5, 5.41) is 3.59. The summed E-state index contributed by atoms with van der Waals surface area (Å²) in [6, 6.07) is 51.7. The molecule has 0 saturated carbocycles. The summed E-state index contributed by atoms with van der Waals surface area (Å²) in [7, 11) is 0. The molecular formula is C37H24N2S. The van der Waals surface area contributed by atoms with Gasteiger partial charge < -0.3 is 4.90 Å². The van der Waals surface area contributed by atoms with Crippen LogP contribution in [0.3, 0.4) is 0 Å². The van der Waals surface area contributed by atoms with E-state index >= 15 is 0 Å². The zero-order chi connectivity index (χ0) is 26.5. The first-order valence-electron chi connectivity index (χ1n) is 13.5. The van der Waals surface area contributed by atoms with E-state index in [0.717, 1.165) is 27.8 Å². The van der Waals surface area contributed by atoms with Crippen molar-refractivity contribution in [1.29, 1.82) is 0 Å². The van der Waals surface area contributed by atoms with Crippen molar-refractivity contribution >= 4 is 39.2 Å². The Bertz CT molecular complexity index is 1950. The van der Waals surface area contributed by atoms with E-state index in [1.807, 2.05) is 0 Å². The standard InChI is InChI=1S/C37H24N2S/c1-4-11-25(12-5-1)26-19-21-29(22-20-26)39(28-15-8-3-9-16-28)33-24-23-31-34-30(33)17-10-18-32(34)36-35(31)38-37(40-36)27-13-6-2-7-14-27/h1-24H. The molecule has 3 heteroatoms. The van der Waals surface area contributed by atoms with Crippen LogP contribution in [0, 0.1) is 0 Å². The Balaban J connectivity index is 1.28. The molecule has 0 radical (unpaired) electrons. The third-order valence-electron chi connectivity index (χ3n) is 7.65. The first-order valence-corrected chi connectivity index (χ1v) is 14.3. The number of anilines is 3. The molecule has 8 rings (SSSR count). The van der Waals surface area contributed by atoms with Gasteiger partial charge in [0.2, 0.25) is 0 Å². The van der Waals surface area contributed by atoms with Gasteiger partial charge in [0.25, 0.3) is 0 Å². The van der Waals surface area contributed by atoms with Crippen LogP contribution >= 0.6 is 11.3 Å². The Morgan fingerprint density at radius 1 is 0.475 bits per heavy atom. The highest BCUT2D eigenvalue weighted by Gasteiger charge is 2.28. The number of para-hydroxylation sites is 1. The largest absolute Gasteiger partial charge is 0.310 e. The second-order valence-electron chi connectivity index (χ2n) is 10.0. The maximum absolute atomic E-state index is 5.14. The zero-order valence-electron chi connectivity index (χ0n) is 21.7. The van der Waals surface area contributed by atoms with Gasteiger partial charge in [-0.05, 0) is 41.5 Å². The Morgan fingerprint density at radius 2 is 1.10 bits per heavy atom. The fourth-order valence-corrected chi connectivity index (χ4v) is 6.92. The van der Waals surface area contributed by atoms with Gasteiger partial charge in [0.1, 0.15) is 5.01 Å². The molecule has 0 saturated heterocycles. The monoisotopic (exact) mass is 528 g/mol. The number of nitrogens with zero attached hydrogens (tertiary/aromatic N) is 2. The van der Waals surface area contributed by atoms with Gasteiger partial charge >= 0.3 is 0 Å². The molecule has 1 aromatic heterocycles. The molecule has 1 aliphatic rings. The van der Waals surface area contributed by atoms with E-state index in [4.69, 9.17) is 4.98 Å². The van der Waals surface area contributed by atoms with Crippen LogP contribution in [-0.4, -0.2) is 4.98 Å². The number of hydrogen-bond acceptors (Lipinski definition) is 3. The lowest BCUT2D eigenvalue weighted by molar-refractivity contribution is 1.30. The lowest BCUT2D eigenvalue weighted by Crippen LogP contribution is -2.10. The second-order valence-corrected chi connectivity index (χ2v) is 11.0. The van der Waals surface area contributed by atoms with Crippen LogP contribution in [0.25, 0.3) is 54.2 Å². The predicted octanol–water partition coefficient (Wildman–Crippen LogP) is 10.7. The van der Waals surface area contributed by atoms with E-state index in [1.54, 1.807) is 11.3 Å². The molecule has 0 aliphatic heterocycles. The van der Waals surface area contributed by atoms with E-state index < -0.39 is 0 Å². The molecule has 40 heavy (non-hydrogen) atoms. The number of fused-ring (bicyclic) bond motifs is 3. The Hall–Kier alpha value is -4.99. The van der Waals surface area contributed by atoms with E-state index in [9.17, 15) is 0 Å². The lowest BCUT2D eigenvalue weighted by atomic mass is 10.0. The SMILES string of the molecule is c1ccc(-c2ccc(N(c3ccccc3)c3ccc4c5c(cccc35)-c3sc(-c5ccccc5)nc3-4)cc2)cc1. The quantitative estimate of drug-likeness (QED) is 0.221. The molecule has 7 aromatic rings. The molecule has 0 N–H and O–H groups in total. The van der Waals surface area contributed by atoms with Crippen molar-refractivity contribution in [2.75, 3.05) is 4.90 Å². The highest BCUT2D eigenvalue weighted by atomic mass is 32.1. The Labute approximate surface area is 237 Å². The summed E-state index contributed by atoms with van der Waals surface area (Å²) >= 11 is 1.79. The van der Waals surface area contributed by atoms with Crippen LogP contribution in [0.4, 0.5) is 17.1 Å². The van der Waals surface area contributed by atoms with E-state index in [-0.39, 0.29) is 0 Å². The summed E-state index contributed by atoms with van der Waals surface area (Å²) in [6.45, 7) is 0. The number of aromatic nitrogens is 1. The van der Waals surface area contributed by atoms with Gasteiger partial charge in [-0.15, -0.1) is 11.3 Å². The molecule has 0 amide bonds. The molecule has 2 nitrogen and oxygen atoms in total. The highest BCUT2D eigenvalue weighted by molar-refractivity contribution is 7.19. The molecule has 6 aromatic carbocycles. The molecule has 0 atom stereocenters. The fourth-order valence-electron chi connectivity index (χ4n) is 5.80. The van der Waals surface area contributed by atoms with Gasteiger partial charge in [-0.3, -0.25) is 0 Å². The lowest BCUT2D eigenvalue weighted by Gasteiger charge is -2.27. The van der Waals surface area contributed by atoms with E-state index in [0.29, 0.717) is 0 Å². The van der Waals surface area contributed by atoms with Crippen LogP contribution in [0.5, 0.6) is 0 Å². The van der Waals surface area contributed by atoms with Gasteiger partial charge in [0.05, 0.1) is 16.3 Å². The maximum atomic E-state index is 5.14. The number of benzene rings is 6. The molecule has 0 spiro atoms. The Kier molecular flexibility index (Phi) is 5.35. The first kappa shape index (κ1) is 22.9. The summed E-state index contributed by atoms with van der Waals surface area (Å²) in [4.78, 5) is 8.76. The summed E-state index contributed by atoms with van der Waals surface area (Å²) in [5.74, 6) is 0. The van der Waals surface area contributed by atoms with Crippen LogP contribution in [0.1, 0.15) is 0 Å². The van der Waals surface area contributed by atoms with Crippen molar-refractivity contribution in [3.63, 3.8) is 0 Å². The molecule has 188 valence electrons. The van der Waals surface area contributed by atoms with Gasteiger partial charge in [0.15, 0.2) is 0 Å². The van der Waals surface area contributed by atoms with Crippen molar-refractivity contribution in [2.24, 2.45) is 0 Å². The zero-order valence-corrected chi connectivity index (χ0v) is 22.5. The smallest absolute Gasteiger partial charge is 0.124 e. The van der Waals surface area contributed by atoms with Crippen molar-refractivity contribution in [2.45, 2.75) is 0 Å². The average molecular weight is 529 g/mol. The van der Waals surface area contributed by atoms with Crippen molar-refractivity contribution < 1.29 is 0 Å². The third-order valence-corrected chi connectivity index (χ3v) is 8.79. The maximum Gasteiger partial charge on any atom is 0.124 e. The predicted molar refractivity (Wildman–Crippen MR) is 170 cm³/mol. The molecule has 1 aliphatic carbocycles. The van der Waals surface area contributed by atoms with Gasteiger partial charge in [-0.2, -0.15) is 0 Å². The van der Waals surface area contributed by atoms with Gasteiger partial charge in [-0.25, -0.2) is 4.98 Å². The van der Waals surface area contributed by atoms with Crippen LogP contribution in [-0.2, 0) is 0 Å². The van der Waals surface area contributed by atoms with Crippen LogP contribution in [0.2, 0.25) is 0 Å². The number of thiazole rings is 1. The molecule has 1 heterocycles. The minimum absolute atomic E-state index is 1.07. The first-order chi connectivity index (χ1) is 19.8. The van der Waals surface area contributed by atoms with Crippen molar-refractivity contribution in [3.05, 3.63) is 146 Å². The fraction of sp³-hybridized carbons (Fsp3) is 0. The van der Waals surface area contributed by atoms with Gasteiger partial charge in [-0.1, -0.05) is 115 Å². The van der Waals surface area contributed by atoms with Crippen molar-refractivity contribution in [1.82, 2.24) is 4.98 Å². The Morgan fingerprint density at radius 3 is 1.82 bits per heavy atom. The molecule has 0 bridgehead atoms. The molecule has 0 unspecified atom stereocenters. The normalized spacial score (nSPS) is 11.5.